The first-order valence-corrected chi connectivity index (χ1v) is 7.23. The van der Waals surface area contributed by atoms with Crippen molar-refractivity contribution in [2.24, 2.45) is 17.8 Å². The Labute approximate surface area is 117 Å². The predicted molar refractivity (Wildman–Crippen MR) is 72.2 cm³/mol. The van der Waals surface area contributed by atoms with Gasteiger partial charge in [0.15, 0.2) is 0 Å². The number of amides is 1. The molecule has 0 aromatic heterocycles. The second-order valence-electron chi connectivity index (χ2n) is 5.71. The minimum Gasteiger partial charge on any atom is -0.352 e. The predicted octanol–water partition coefficient (Wildman–Crippen LogP) is 3.53. The average Bonchev–Trinajstić information content (AvgIpc) is 3.02. The van der Waals surface area contributed by atoms with Gasteiger partial charge in [-0.15, -0.1) is 0 Å². The van der Waals surface area contributed by atoms with E-state index in [1.807, 2.05) is 0 Å². The van der Waals surface area contributed by atoms with Gasteiger partial charge in [-0.3, -0.25) is 4.79 Å². The van der Waals surface area contributed by atoms with Gasteiger partial charge in [0.2, 0.25) is 5.91 Å². The van der Waals surface area contributed by atoms with Gasteiger partial charge in [0.05, 0.1) is 5.02 Å². The van der Waals surface area contributed by atoms with Crippen LogP contribution in [0.1, 0.15) is 31.2 Å². The molecule has 2 aliphatic carbocycles. The lowest BCUT2D eigenvalue weighted by molar-refractivity contribution is -0.126. The maximum absolute atomic E-state index is 13.7. The number of rotatable bonds is 3. The molecule has 1 aromatic carbocycles. The normalized spacial score (nSPS) is 28.6. The van der Waals surface area contributed by atoms with Gasteiger partial charge in [0, 0.05) is 18.0 Å². The molecule has 0 aliphatic heterocycles. The summed E-state index contributed by atoms with van der Waals surface area (Å²) in [6.07, 6.45) is 4.66. The molecule has 102 valence electrons. The third-order valence-corrected chi connectivity index (χ3v) is 4.85. The molecule has 3 atom stereocenters. The Hall–Kier alpha value is -1.09. The molecule has 2 nitrogen and oxygen atoms in total. The first-order valence-electron chi connectivity index (χ1n) is 6.85. The van der Waals surface area contributed by atoms with E-state index in [4.69, 9.17) is 11.6 Å². The van der Waals surface area contributed by atoms with E-state index in [9.17, 15) is 9.18 Å². The van der Waals surface area contributed by atoms with E-state index < -0.39 is 5.82 Å². The molecule has 2 aliphatic rings. The van der Waals surface area contributed by atoms with Crippen LogP contribution >= 0.6 is 11.6 Å². The van der Waals surface area contributed by atoms with Gasteiger partial charge < -0.3 is 5.32 Å². The fraction of sp³-hybridized carbons (Fsp3) is 0.533. The van der Waals surface area contributed by atoms with E-state index in [1.165, 1.54) is 25.3 Å². The molecule has 1 aromatic rings. The van der Waals surface area contributed by atoms with Crippen LogP contribution in [-0.4, -0.2) is 5.91 Å². The smallest absolute Gasteiger partial charge is 0.223 e. The van der Waals surface area contributed by atoms with Gasteiger partial charge in [0.1, 0.15) is 5.82 Å². The largest absolute Gasteiger partial charge is 0.352 e. The molecule has 3 rings (SSSR count). The third-order valence-electron chi connectivity index (χ3n) is 4.56. The minimum absolute atomic E-state index is 0.0755. The highest BCUT2D eigenvalue weighted by Gasteiger charge is 2.42. The fourth-order valence-corrected chi connectivity index (χ4v) is 3.76. The second-order valence-corrected chi connectivity index (χ2v) is 6.12. The van der Waals surface area contributed by atoms with Gasteiger partial charge in [0.25, 0.3) is 0 Å². The number of fused-ring (bicyclic) bond motifs is 2. The van der Waals surface area contributed by atoms with Crippen LogP contribution in [0.15, 0.2) is 18.2 Å². The van der Waals surface area contributed by atoms with Gasteiger partial charge in [-0.2, -0.15) is 0 Å². The molecule has 2 bridgehead atoms. The van der Waals surface area contributed by atoms with Gasteiger partial charge >= 0.3 is 0 Å². The molecule has 1 amide bonds. The Morgan fingerprint density at radius 1 is 1.37 bits per heavy atom. The summed E-state index contributed by atoms with van der Waals surface area (Å²) in [5.41, 5.74) is 0.448. The van der Waals surface area contributed by atoms with Gasteiger partial charge in [-0.1, -0.05) is 30.2 Å². The highest BCUT2D eigenvalue weighted by molar-refractivity contribution is 6.30. The quantitative estimate of drug-likeness (QED) is 0.902. The van der Waals surface area contributed by atoms with Crippen LogP contribution < -0.4 is 5.32 Å². The first kappa shape index (κ1) is 12.9. The van der Waals surface area contributed by atoms with Crippen LogP contribution in [0.25, 0.3) is 0 Å². The lowest BCUT2D eigenvalue weighted by atomic mass is 9.88. The minimum atomic E-state index is -0.433. The SMILES string of the molecule is O=C(NCc1cccc(Cl)c1F)C1CC2CCC1C2. The Morgan fingerprint density at radius 2 is 2.21 bits per heavy atom. The average molecular weight is 282 g/mol. The standard InChI is InChI=1S/C15H17ClFNO/c16-13-3-1-2-11(14(13)17)8-18-15(19)12-7-9-4-5-10(12)6-9/h1-3,9-10,12H,4-8H2,(H,18,19). The van der Waals surface area contributed by atoms with Crippen LogP contribution in [0.4, 0.5) is 4.39 Å². The summed E-state index contributed by atoms with van der Waals surface area (Å²) in [4.78, 5) is 12.1. The van der Waals surface area contributed by atoms with Crippen LogP contribution in [-0.2, 0) is 11.3 Å². The van der Waals surface area contributed by atoms with E-state index >= 15 is 0 Å². The molecule has 0 spiro atoms. The van der Waals surface area contributed by atoms with Crippen molar-refractivity contribution >= 4 is 17.5 Å². The Balaban J connectivity index is 1.60. The van der Waals surface area contributed by atoms with Crippen molar-refractivity contribution in [3.8, 4) is 0 Å². The number of hydrogen-bond acceptors (Lipinski definition) is 1. The van der Waals surface area contributed by atoms with Crippen LogP contribution in [0.2, 0.25) is 5.02 Å². The highest BCUT2D eigenvalue weighted by atomic mass is 35.5. The van der Waals surface area contributed by atoms with Crippen molar-refractivity contribution in [2.75, 3.05) is 0 Å². The summed E-state index contributed by atoms with van der Waals surface area (Å²) >= 11 is 5.72. The van der Waals surface area contributed by atoms with Crippen molar-refractivity contribution in [3.63, 3.8) is 0 Å². The molecule has 4 heteroatoms. The number of carbonyl (C=O) groups excluding carboxylic acids is 1. The summed E-state index contributed by atoms with van der Waals surface area (Å²) in [6, 6.07) is 4.87. The number of carbonyl (C=O) groups is 1. The van der Waals surface area contributed by atoms with Crippen LogP contribution in [0, 0.1) is 23.6 Å². The maximum Gasteiger partial charge on any atom is 0.223 e. The lowest BCUT2D eigenvalue weighted by Gasteiger charge is -2.20. The first-order chi connectivity index (χ1) is 9.15. The van der Waals surface area contributed by atoms with E-state index in [1.54, 1.807) is 12.1 Å². The fourth-order valence-electron chi connectivity index (χ4n) is 3.56. The summed E-state index contributed by atoms with van der Waals surface area (Å²) in [5, 5.41) is 2.96. The molecule has 2 fully saturated rings. The zero-order valence-electron chi connectivity index (χ0n) is 10.7. The monoisotopic (exact) mass is 281 g/mol. The summed E-state index contributed by atoms with van der Waals surface area (Å²) in [7, 11) is 0. The Morgan fingerprint density at radius 3 is 2.89 bits per heavy atom. The lowest BCUT2D eigenvalue weighted by Crippen LogP contribution is -2.33. The third kappa shape index (κ3) is 2.48. The second kappa shape index (κ2) is 5.12. The summed E-state index contributed by atoms with van der Waals surface area (Å²) in [6.45, 7) is 0.221. The van der Waals surface area contributed by atoms with Crippen molar-refractivity contribution in [3.05, 3.63) is 34.6 Å². The molecule has 0 radical (unpaired) electrons. The van der Waals surface area contributed by atoms with E-state index in [0.29, 0.717) is 11.5 Å². The van der Waals surface area contributed by atoms with Crippen molar-refractivity contribution in [2.45, 2.75) is 32.2 Å². The molecular formula is C15H17ClFNO. The van der Waals surface area contributed by atoms with Gasteiger partial charge in [-0.05, 0) is 37.2 Å². The number of halogens is 2. The molecule has 1 N–H and O–H groups in total. The highest BCUT2D eigenvalue weighted by Crippen LogP contribution is 2.48. The van der Waals surface area contributed by atoms with Crippen molar-refractivity contribution in [1.82, 2.24) is 5.32 Å². The number of benzene rings is 1. The van der Waals surface area contributed by atoms with Gasteiger partial charge in [-0.25, -0.2) is 4.39 Å². The molecular weight excluding hydrogens is 265 g/mol. The van der Waals surface area contributed by atoms with E-state index in [0.717, 1.165) is 12.3 Å². The maximum atomic E-state index is 13.7. The Bertz CT molecular complexity index is 505. The zero-order valence-corrected chi connectivity index (χ0v) is 11.4. The van der Waals surface area contributed by atoms with E-state index in [-0.39, 0.29) is 23.4 Å². The number of hydrogen-bond donors (Lipinski definition) is 1. The molecule has 0 heterocycles. The van der Waals surface area contributed by atoms with Crippen molar-refractivity contribution < 1.29 is 9.18 Å². The number of nitrogens with one attached hydrogen (secondary N) is 1. The molecule has 0 saturated heterocycles. The Kier molecular flexibility index (Phi) is 3.48. The van der Waals surface area contributed by atoms with Crippen LogP contribution in [0.3, 0.4) is 0 Å². The molecule has 3 unspecified atom stereocenters. The van der Waals surface area contributed by atoms with E-state index in [2.05, 4.69) is 5.32 Å². The summed E-state index contributed by atoms with van der Waals surface area (Å²) < 4.78 is 13.7. The topological polar surface area (TPSA) is 29.1 Å². The summed E-state index contributed by atoms with van der Waals surface area (Å²) in [5.74, 6) is 1.07. The zero-order chi connectivity index (χ0) is 13.4. The van der Waals surface area contributed by atoms with Crippen molar-refractivity contribution in [1.29, 1.82) is 0 Å². The molecule has 19 heavy (non-hydrogen) atoms. The molecule has 2 saturated carbocycles. The van der Waals surface area contributed by atoms with Crippen LogP contribution in [0.5, 0.6) is 0 Å².